The molecule has 0 atom stereocenters. The van der Waals surface area contributed by atoms with E-state index < -0.39 is 102 Å². The summed E-state index contributed by atoms with van der Waals surface area (Å²) in [6, 6.07) is 1.82. The first kappa shape index (κ1) is 22.7. The predicted molar refractivity (Wildman–Crippen MR) is 112 cm³/mol. The van der Waals surface area contributed by atoms with Crippen LogP contribution >= 0.6 is 0 Å². The van der Waals surface area contributed by atoms with Crippen LogP contribution in [-0.4, -0.2) is 57.9 Å². The SMILES string of the molecule is O=C(O)c1cc(O)c(O)c(O)c1Oc1cc2c(=O)oc3c(O)c(O)cc(C(=O)O)c3c2c(O)c1O. The van der Waals surface area contributed by atoms with Crippen LogP contribution in [0.25, 0.3) is 21.7 Å². The van der Waals surface area contributed by atoms with Crippen molar-refractivity contribution in [1.82, 2.24) is 0 Å². The van der Waals surface area contributed by atoms with Crippen molar-refractivity contribution in [2.24, 2.45) is 0 Å². The quantitative estimate of drug-likeness (QED) is 0.113. The number of aromatic carboxylic acids is 2. The Balaban J connectivity index is 2.10. The van der Waals surface area contributed by atoms with Gasteiger partial charge in [-0.1, -0.05) is 0 Å². The molecular weight excluding hydrogens is 476 g/mol. The number of carboxylic acids is 2. The molecule has 1 aromatic heterocycles. The van der Waals surface area contributed by atoms with Gasteiger partial charge in [0, 0.05) is 22.9 Å². The summed E-state index contributed by atoms with van der Waals surface area (Å²) in [5.41, 5.74) is -3.77. The highest BCUT2D eigenvalue weighted by molar-refractivity contribution is 6.18. The molecule has 4 aromatic rings. The van der Waals surface area contributed by atoms with Crippen molar-refractivity contribution in [3.8, 4) is 51.7 Å². The largest absolute Gasteiger partial charge is 0.504 e. The summed E-state index contributed by atoms with van der Waals surface area (Å²) in [6.45, 7) is 0. The van der Waals surface area contributed by atoms with Gasteiger partial charge in [-0.25, -0.2) is 14.4 Å². The monoisotopic (exact) mass is 488 g/mol. The van der Waals surface area contributed by atoms with Crippen LogP contribution in [-0.2, 0) is 0 Å². The van der Waals surface area contributed by atoms with Gasteiger partial charge in [0.15, 0.2) is 34.3 Å². The lowest BCUT2D eigenvalue weighted by molar-refractivity contribution is 0.0684. The third-order valence-electron chi connectivity index (χ3n) is 5.02. The molecule has 0 aliphatic rings. The fourth-order valence-corrected chi connectivity index (χ4v) is 3.42. The molecule has 1 heterocycles. The summed E-state index contributed by atoms with van der Waals surface area (Å²) < 4.78 is 10.1. The third-order valence-corrected chi connectivity index (χ3v) is 5.02. The average molecular weight is 488 g/mol. The maximum atomic E-state index is 12.6. The number of carboxylic acid groups (broad SMARTS) is 2. The van der Waals surface area contributed by atoms with E-state index in [4.69, 9.17) is 9.15 Å². The molecule has 14 nitrogen and oxygen atoms in total. The Morgan fingerprint density at radius 2 is 1.26 bits per heavy atom. The Kier molecular flexibility index (Phi) is 4.86. The van der Waals surface area contributed by atoms with E-state index in [9.17, 15) is 60.3 Å². The molecule has 0 unspecified atom stereocenters. The molecule has 0 aliphatic carbocycles. The topological polar surface area (TPSA) is 256 Å². The highest BCUT2D eigenvalue weighted by Gasteiger charge is 2.28. The van der Waals surface area contributed by atoms with E-state index in [0.29, 0.717) is 18.2 Å². The van der Waals surface area contributed by atoms with Crippen LogP contribution in [0.15, 0.2) is 27.4 Å². The number of rotatable bonds is 4. The molecule has 0 saturated heterocycles. The molecule has 35 heavy (non-hydrogen) atoms. The van der Waals surface area contributed by atoms with Crippen molar-refractivity contribution in [3.05, 3.63) is 39.7 Å². The minimum atomic E-state index is -1.75. The molecule has 9 N–H and O–H groups in total. The third kappa shape index (κ3) is 3.24. The maximum Gasteiger partial charge on any atom is 0.344 e. The normalized spacial score (nSPS) is 11.1. The van der Waals surface area contributed by atoms with Crippen molar-refractivity contribution in [3.63, 3.8) is 0 Å². The molecule has 0 radical (unpaired) electrons. The van der Waals surface area contributed by atoms with Crippen LogP contribution in [0.3, 0.4) is 0 Å². The van der Waals surface area contributed by atoms with Crippen LogP contribution in [0.2, 0.25) is 0 Å². The van der Waals surface area contributed by atoms with Crippen molar-refractivity contribution < 1.29 is 64.7 Å². The summed E-state index contributed by atoms with van der Waals surface area (Å²) in [6.07, 6.45) is 0. The lowest BCUT2D eigenvalue weighted by Gasteiger charge is -2.16. The maximum absolute atomic E-state index is 12.6. The Morgan fingerprint density at radius 1 is 0.686 bits per heavy atom. The van der Waals surface area contributed by atoms with Gasteiger partial charge in [0.05, 0.1) is 10.9 Å². The van der Waals surface area contributed by atoms with Crippen LogP contribution in [0.5, 0.6) is 51.7 Å². The molecule has 14 heteroatoms. The number of phenolic OH excluding ortho intramolecular Hbond substituents is 7. The lowest BCUT2D eigenvalue weighted by atomic mass is 10.00. The lowest BCUT2D eigenvalue weighted by Crippen LogP contribution is -2.05. The smallest absolute Gasteiger partial charge is 0.344 e. The van der Waals surface area contributed by atoms with Crippen molar-refractivity contribution in [2.75, 3.05) is 0 Å². The molecule has 0 spiro atoms. The van der Waals surface area contributed by atoms with E-state index in [1.165, 1.54) is 0 Å². The van der Waals surface area contributed by atoms with Gasteiger partial charge >= 0.3 is 17.6 Å². The summed E-state index contributed by atoms with van der Waals surface area (Å²) in [5.74, 6) is -13.1. The van der Waals surface area contributed by atoms with Crippen LogP contribution in [0.4, 0.5) is 0 Å². The Labute approximate surface area is 190 Å². The number of aromatic hydroxyl groups is 7. The molecule has 0 amide bonds. The highest BCUT2D eigenvalue weighted by atomic mass is 16.5. The van der Waals surface area contributed by atoms with E-state index >= 15 is 0 Å². The molecule has 0 aliphatic heterocycles. The first-order valence-corrected chi connectivity index (χ1v) is 9.17. The Hall–Kier alpha value is -5.53. The number of phenols is 7. The van der Waals surface area contributed by atoms with E-state index in [2.05, 4.69) is 0 Å². The second-order valence-electron chi connectivity index (χ2n) is 7.06. The number of ether oxygens (including phenoxy) is 1. The minimum Gasteiger partial charge on any atom is -0.504 e. The van der Waals surface area contributed by atoms with Crippen molar-refractivity contribution in [2.45, 2.75) is 0 Å². The first-order valence-electron chi connectivity index (χ1n) is 9.17. The summed E-state index contributed by atoms with van der Waals surface area (Å²) in [5, 5.41) is 87.2. The average Bonchev–Trinajstić information content (AvgIpc) is 2.79. The minimum absolute atomic E-state index is 0.515. The summed E-state index contributed by atoms with van der Waals surface area (Å²) in [7, 11) is 0. The number of hydrogen-bond acceptors (Lipinski definition) is 12. The van der Waals surface area contributed by atoms with Gasteiger partial charge in [-0.05, 0) is 6.07 Å². The standard InChI is InChI=1S/C21H12O14/c22-7-2-6(20(31)32)17(16(28)12(7)24)34-9-3-5-10(15(27)14(9)26)11-4(19(29)30)1-8(23)13(25)18(11)35-21(5)33/h1-3,22-28H,(H,29,30)(H,31,32). The zero-order valence-electron chi connectivity index (χ0n) is 16.8. The number of benzene rings is 3. The zero-order chi connectivity index (χ0) is 25.9. The van der Waals surface area contributed by atoms with Gasteiger partial charge in [0.2, 0.25) is 23.0 Å². The van der Waals surface area contributed by atoms with Gasteiger partial charge in [-0.3, -0.25) is 0 Å². The number of hydrogen-bond donors (Lipinski definition) is 9. The second-order valence-corrected chi connectivity index (χ2v) is 7.06. The molecule has 0 fully saturated rings. The van der Waals surface area contributed by atoms with Crippen LogP contribution in [0.1, 0.15) is 20.7 Å². The Morgan fingerprint density at radius 3 is 1.86 bits per heavy atom. The Bertz CT molecular complexity index is 1660. The molecule has 4 rings (SSSR count). The first-order chi connectivity index (χ1) is 16.3. The second kappa shape index (κ2) is 7.51. The summed E-state index contributed by atoms with van der Waals surface area (Å²) >= 11 is 0. The molecular formula is C21H12O14. The highest BCUT2D eigenvalue weighted by Crippen LogP contribution is 2.51. The van der Waals surface area contributed by atoms with E-state index in [0.717, 1.165) is 0 Å². The molecule has 3 aromatic carbocycles. The number of carbonyl (C=O) groups is 2. The van der Waals surface area contributed by atoms with Crippen molar-refractivity contribution in [1.29, 1.82) is 0 Å². The molecule has 180 valence electrons. The van der Waals surface area contributed by atoms with Gasteiger partial charge < -0.3 is 55.1 Å². The van der Waals surface area contributed by atoms with Gasteiger partial charge in [-0.2, -0.15) is 0 Å². The zero-order valence-corrected chi connectivity index (χ0v) is 16.8. The fraction of sp³-hybridized carbons (Fsp3) is 0. The van der Waals surface area contributed by atoms with E-state index in [1.807, 2.05) is 0 Å². The predicted octanol–water partition coefficient (Wildman–Crippen LogP) is 2.07. The van der Waals surface area contributed by atoms with E-state index in [-0.39, 0.29) is 0 Å². The van der Waals surface area contributed by atoms with Gasteiger partial charge in [0.1, 0.15) is 5.56 Å². The van der Waals surface area contributed by atoms with Crippen LogP contribution in [0, 0.1) is 0 Å². The number of fused-ring (bicyclic) bond motifs is 3. The molecule has 0 bridgehead atoms. The van der Waals surface area contributed by atoms with Gasteiger partial charge in [0.25, 0.3) is 0 Å². The van der Waals surface area contributed by atoms with Gasteiger partial charge in [-0.15, -0.1) is 0 Å². The summed E-state index contributed by atoms with van der Waals surface area (Å²) in [4.78, 5) is 35.8. The molecule has 0 saturated carbocycles. The van der Waals surface area contributed by atoms with Crippen LogP contribution < -0.4 is 10.4 Å². The fourth-order valence-electron chi connectivity index (χ4n) is 3.42. The van der Waals surface area contributed by atoms with E-state index in [1.54, 1.807) is 0 Å². The van der Waals surface area contributed by atoms with Crippen molar-refractivity contribution >= 4 is 33.7 Å².